The monoisotopic (exact) mass is 183 g/mol. The van der Waals surface area contributed by atoms with Gasteiger partial charge in [0.15, 0.2) is 0 Å². The normalized spacial score (nSPS) is 11.1. The van der Waals surface area contributed by atoms with Crippen LogP contribution in [0, 0.1) is 0 Å². The Hall–Kier alpha value is -1.03. The number of nitrogens with two attached hydrogens (primary N) is 1. The van der Waals surface area contributed by atoms with Crippen molar-refractivity contribution in [1.82, 2.24) is 9.78 Å². The van der Waals surface area contributed by atoms with Crippen molar-refractivity contribution in [2.45, 2.75) is 26.3 Å². The number of ether oxygens (including phenoxy) is 1. The number of hydrogen-bond acceptors (Lipinski definition) is 3. The van der Waals surface area contributed by atoms with E-state index in [0.717, 1.165) is 12.1 Å². The van der Waals surface area contributed by atoms with E-state index in [0.29, 0.717) is 18.3 Å². The van der Waals surface area contributed by atoms with Crippen molar-refractivity contribution >= 4 is 5.82 Å². The summed E-state index contributed by atoms with van der Waals surface area (Å²) >= 11 is 0. The first-order valence-corrected chi connectivity index (χ1v) is 4.47. The number of rotatable bonds is 4. The largest absolute Gasteiger partial charge is 0.383 e. The lowest BCUT2D eigenvalue weighted by molar-refractivity contribution is 0.183. The lowest BCUT2D eigenvalue weighted by atomic mass is 10.1. The van der Waals surface area contributed by atoms with E-state index in [-0.39, 0.29) is 0 Å². The number of hydrogen-bond donors (Lipinski definition) is 1. The van der Waals surface area contributed by atoms with Crippen LogP contribution in [0.1, 0.15) is 25.3 Å². The van der Waals surface area contributed by atoms with Crippen molar-refractivity contribution in [3.05, 3.63) is 11.8 Å². The molecular weight excluding hydrogens is 166 g/mol. The highest BCUT2D eigenvalue weighted by molar-refractivity contribution is 5.39. The molecule has 0 amide bonds. The van der Waals surface area contributed by atoms with Crippen molar-refractivity contribution in [2.24, 2.45) is 0 Å². The fraction of sp³-hybridized carbons (Fsp3) is 0.667. The summed E-state index contributed by atoms with van der Waals surface area (Å²) in [7, 11) is 1.68. The molecule has 0 aromatic carbocycles. The summed E-state index contributed by atoms with van der Waals surface area (Å²) in [5.74, 6) is 1.06. The topological polar surface area (TPSA) is 53.1 Å². The first-order chi connectivity index (χ1) is 6.15. The highest BCUT2D eigenvalue weighted by Crippen LogP contribution is 2.19. The fourth-order valence-electron chi connectivity index (χ4n) is 1.20. The quantitative estimate of drug-likeness (QED) is 0.764. The molecule has 0 spiro atoms. The number of nitrogen functional groups attached to an aromatic ring is 1. The minimum absolute atomic E-state index is 0.427. The van der Waals surface area contributed by atoms with E-state index in [9.17, 15) is 0 Å². The van der Waals surface area contributed by atoms with Crippen LogP contribution in [0.25, 0.3) is 0 Å². The molecule has 0 fully saturated rings. The first kappa shape index (κ1) is 10.1. The van der Waals surface area contributed by atoms with Crippen LogP contribution >= 0.6 is 0 Å². The molecule has 4 nitrogen and oxygen atoms in total. The Morgan fingerprint density at radius 3 is 2.77 bits per heavy atom. The van der Waals surface area contributed by atoms with E-state index in [1.54, 1.807) is 7.11 Å². The summed E-state index contributed by atoms with van der Waals surface area (Å²) in [5, 5.41) is 4.18. The van der Waals surface area contributed by atoms with Gasteiger partial charge in [0.05, 0.1) is 13.2 Å². The average molecular weight is 183 g/mol. The average Bonchev–Trinajstić information content (AvgIpc) is 2.43. The molecule has 13 heavy (non-hydrogen) atoms. The SMILES string of the molecule is COCCn1cc(C(C)C)c(N)n1. The Morgan fingerprint density at radius 1 is 1.62 bits per heavy atom. The van der Waals surface area contributed by atoms with Crippen LogP contribution < -0.4 is 5.73 Å². The maximum atomic E-state index is 5.74. The van der Waals surface area contributed by atoms with Gasteiger partial charge in [0.1, 0.15) is 5.82 Å². The van der Waals surface area contributed by atoms with E-state index in [1.807, 2.05) is 10.9 Å². The Kier molecular flexibility index (Phi) is 3.31. The van der Waals surface area contributed by atoms with E-state index < -0.39 is 0 Å². The van der Waals surface area contributed by atoms with Crippen molar-refractivity contribution < 1.29 is 4.74 Å². The molecule has 0 bridgehead atoms. The summed E-state index contributed by atoms with van der Waals surface area (Å²) < 4.78 is 6.78. The molecule has 0 unspecified atom stereocenters. The summed E-state index contributed by atoms with van der Waals surface area (Å²) in [4.78, 5) is 0. The van der Waals surface area contributed by atoms with E-state index in [4.69, 9.17) is 10.5 Å². The molecule has 0 saturated carbocycles. The lowest BCUT2D eigenvalue weighted by Gasteiger charge is -2.00. The second kappa shape index (κ2) is 4.28. The van der Waals surface area contributed by atoms with Crippen LogP contribution in [0.5, 0.6) is 0 Å². The van der Waals surface area contributed by atoms with Crippen LogP contribution in [0.2, 0.25) is 0 Å². The van der Waals surface area contributed by atoms with Gasteiger partial charge in [-0.1, -0.05) is 13.8 Å². The van der Waals surface area contributed by atoms with Gasteiger partial charge in [0.25, 0.3) is 0 Å². The molecule has 0 radical (unpaired) electrons. The van der Waals surface area contributed by atoms with Crippen molar-refractivity contribution in [3.63, 3.8) is 0 Å². The number of methoxy groups -OCH3 is 1. The molecule has 4 heteroatoms. The third kappa shape index (κ3) is 2.45. The predicted octanol–water partition coefficient (Wildman–Crippen LogP) is 1.24. The minimum atomic E-state index is 0.427. The molecule has 1 aromatic rings. The van der Waals surface area contributed by atoms with Crippen LogP contribution in [0.15, 0.2) is 6.20 Å². The maximum Gasteiger partial charge on any atom is 0.148 e. The van der Waals surface area contributed by atoms with Gasteiger partial charge >= 0.3 is 0 Å². The van der Waals surface area contributed by atoms with Crippen molar-refractivity contribution in [2.75, 3.05) is 19.5 Å². The molecule has 1 heterocycles. The third-order valence-electron chi connectivity index (χ3n) is 1.97. The molecule has 1 aromatic heterocycles. The van der Waals surface area contributed by atoms with E-state index in [2.05, 4.69) is 18.9 Å². The Labute approximate surface area is 78.7 Å². The van der Waals surface area contributed by atoms with E-state index in [1.165, 1.54) is 0 Å². The van der Waals surface area contributed by atoms with Crippen LogP contribution in [0.4, 0.5) is 5.82 Å². The number of anilines is 1. The van der Waals surface area contributed by atoms with Gasteiger partial charge in [0, 0.05) is 18.9 Å². The smallest absolute Gasteiger partial charge is 0.148 e. The second-order valence-corrected chi connectivity index (χ2v) is 3.38. The molecule has 1 rings (SSSR count). The van der Waals surface area contributed by atoms with Crippen molar-refractivity contribution in [1.29, 1.82) is 0 Å². The molecular formula is C9H17N3O. The molecule has 0 aliphatic heterocycles. The highest BCUT2D eigenvalue weighted by Gasteiger charge is 2.08. The van der Waals surface area contributed by atoms with Gasteiger partial charge in [-0.3, -0.25) is 4.68 Å². The summed E-state index contributed by atoms with van der Waals surface area (Å²) in [6.07, 6.45) is 1.99. The molecule has 74 valence electrons. The molecule has 2 N–H and O–H groups in total. The zero-order chi connectivity index (χ0) is 9.84. The first-order valence-electron chi connectivity index (χ1n) is 4.47. The molecule has 0 saturated heterocycles. The van der Waals surface area contributed by atoms with E-state index >= 15 is 0 Å². The van der Waals surface area contributed by atoms with Gasteiger partial charge in [-0.25, -0.2) is 0 Å². The second-order valence-electron chi connectivity index (χ2n) is 3.38. The lowest BCUT2D eigenvalue weighted by Crippen LogP contribution is -2.04. The maximum absolute atomic E-state index is 5.74. The minimum Gasteiger partial charge on any atom is -0.383 e. The highest BCUT2D eigenvalue weighted by atomic mass is 16.5. The van der Waals surface area contributed by atoms with Gasteiger partial charge in [0.2, 0.25) is 0 Å². The van der Waals surface area contributed by atoms with Gasteiger partial charge in [-0.15, -0.1) is 0 Å². The zero-order valence-corrected chi connectivity index (χ0v) is 8.45. The molecule has 0 aliphatic rings. The molecule has 0 atom stereocenters. The third-order valence-corrected chi connectivity index (χ3v) is 1.97. The van der Waals surface area contributed by atoms with Crippen molar-refractivity contribution in [3.8, 4) is 0 Å². The summed E-state index contributed by atoms with van der Waals surface area (Å²) in [6.45, 7) is 5.63. The van der Waals surface area contributed by atoms with Gasteiger partial charge in [-0.2, -0.15) is 5.10 Å². The Balaban J connectivity index is 2.71. The molecule has 0 aliphatic carbocycles. The fourth-order valence-corrected chi connectivity index (χ4v) is 1.20. The number of nitrogens with zero attached hydrogens (tertiary/aromatic N) is 2. The Bertz CT molecular complexity index is 268. The Morgan fingerprint density at radius 2 is 2.31 bits per heavy atom. The standard InChI is InChI=1S/C9H17N3O/c1-7(2)8-6-12(4-5-13-3)11-9(8)10/h6-7H,4-5H2,1-3H3,(H2,10,11). The predicted molar refractivity (Wildman–Crippen MR) is 52.6 cm³/mol. The van der Waals surface area contributed by atoms with Crippen LogP contribution in [-0.2, 0) is 11.3 Å². The van der Waals surface area contributed by atoms with Gasteiger partial charge < -0.3 is 10.5 Å². The van der Waals surface area contributed by atoms with Crippen LogP contribution in [0.3, 0.4) is 0 Å². The van der Waals surface area contributed by atoms with Crippen LogP contribution in [-0.4, -0.2) is 23.5 Å². The summed E-state index contributed by atoms with van der Waals surface area (Å²) in [5.41, 5.74) is 6.85. The number of aromatic nitrogens is 2. The van der Waals surface area contributed by atoms with Gasteiger partial charge in [-0.05, 0) is 5.92 Å². The summed E-state index contributed by atoms with van der Waals surface area (Å²) in [6, 6.07) is 0. The zero-order valence-electron chi connectivity index (χ0n) is 8.45.